The Morgan fingerprint density at radius 3 is 2.24 bits per heavy atom. The van der Waals surface area contributed by atoms with Crippen molar-refractivity contribution in [2.24, 2.45) is 5.10 Å². The Morgan fingerprint density at radius 2 is 1.63 bits per heavy atom. The summed E-state index contributed by atoms with van der Waals surface area (Å²) in [4.78, 5) is 24.6. The molecule has 38 heavy (non-hydrogen) atoms. The van der Waals surface area contributed by atoms with E-state index in [9.17, 15) is 18.0 Å². The van der Waals surface area contributed by atoms with Crippen LogP contribution in [-0.2, 0) is 10.0 Å². The van der Waals surface area contributed by atoms with Gasteiger partial charge >= 0.3 is 6.03 Å². The molecule has 0 aromatic heterocycles. The van der Waals surface area contributed by atoms with E-state index >= 15 is 0 Å². The third-order valence-corrected chi connectivity index (χ3v) is 6.54. The average molecular weight is 539 g/mol. The van der Waals surface area contributed by atoms with Crippen LogP contribution in [0.5, 0.6) is 17.2 Å². The molecule has 0 saturated carbocycles. The summed E-state index contributed by atoms with van der Waals surface area (Å²) in [6.45, 7) is 8.44. The van der Waals surface area contributed by atoms with Gasteiger partial charge in [-0.1, -0.05) is 24.3 Å². The average Bonchev–Trinajstić information content (AvgIpc) is 2.86. The highest BCUT2D eigenvalue weighted by molar-refractivity contribution is 7.90. The highest BCUT2D eigenvalue weighted by Gasteiger charge is 2.27. The third-order valence-electron chi connectivity index (χ3n) is 5.19. The van der Waals surface area contributed by atoms with Crippen LogP contribution in [0.15, 0.2) is 76.7 Å². The number of methoxy groups -OCH3 is 1. The van der Waals surface area contributed by atoms with Gasteiger partial charge in [0, 0.05) is 24.9 Å². The number of hydrazone groups is 1. The van der Waals surface area contributed by atoms with Crippen molar-refractivity contribution in [1.82, 2.24) is 15.0 Å². The summed E-state index contributed by atoms with van der Waals surface area (Å²) in [5.74, 6) is 0.381. The van der Waals surface area contributed by atoms with Gasteiger partial charge in [0.05, 0.1) is 7.11 Å². The van der Waals surface area contributed by atoms with Gasteiger partial charge in [0.15, 0.2) is 0 Å². The van der Waals surface area contributed by atoms with Crippen molar-refractivity contribution < 1.29 is 27.5 Å². The molecular weight excluding hydrogens is 508 g/mol. The Balaban J connectivity index is 2.02. The number of sulfonamides is 1. The lowest BCUT2D eigenvalue weighted by Gasteiger charge is -2.21. The monoisotopic (exact) mass is 538 g/mol. The van der Waals surface area contributed by atoms with Crippen molar-refractivity contribution in [2.75, 3.05) is 14.2 Å². The second-order valence-electron chi connectivity index (χ2n) is 9.30. The minimum atomic E-state index is -4.46. The van der Waals surface area contributed by atoms with Crippen LogP contribution >= 0.6 is 0 Å². The molecule has 0 atom stereocenters. The number of hydrogen-bond acceptors (Lipinski definition) is 7. The Morgan fingerprint density at radius 1 is 0.947 bits per heavy atom. The lowest BCUT2D eigenvalue weighted by molar-refractivity contribution is 0.0800. The van der Waals surface area contributed by atoms with E-state index in [2.05, 4.69) is 17.1 Å². The summed E-state index contributed by atoms with van der Waals surface area (Å²) in [5, 5.41) is 7.05. The predicted octanol–water partition coefficient (Wildman–Crippen LogP) is 4.63. The summed E-state index contributed by atoms with van der Waals surface area (Å²) in [6, 6.07) is 17.4. The largest absolute Gasteiger partial charge is 0.497 e. The number of amides is 3. The minimum absolute atomic E-state index is 0.0100. The quantitative estimate of drug-likeness (QED) is 0.318. The molecule has 11 heteroatoms. The number of rotatable bonds is 8. The maximum absolute atomic E-state index is 13.3. The van der Waals surface area contributed by atoms with Crippen LogP contribution in [0.4, 0.5) is 4.79 Å². The van der Waals surface area contributed by atoms with Crippen LogP contribution in [-0.4, -0.2) is 51.8 Å². The molecule has 3 rings (SSSR count). The summed E-state index contributed by atoms with van der Waals surface area (Å²) < 4.78 is 39.7. The van der Waals surface area contributed by atoms with E-state index in [1.165, 1.54) is 19.2 Å². The SMILES string of the molecule is C=NN(C)C(=O)c1ccc(Oc2cccc(-c3ccc(OC)cc3)c2)c(S(=O)(=O)NC(=O)NC(C)(C)C)c1. The van der Waals surface area contributed by atoms with Gasteiger partial charge in [0.2, 0.25) is 0 Å². The van der Waals surface area contributed by atoms with E-state index < -0.39 is 32.4 Å². The minimum Gasteiger partial charge on any atom is -0.497 e. The molecule has 0 aliphatic carbocycles. The van der Waals surface area contributed by atoms with E-state index in [4.69, 9.17) is 9.47 Å². The van der Waals surface area contributed by atoms with Crippen molar-refractivity contribution >= 4 is 28.7 Å². The topological polar surface area (TPSA) is 126 Å². The molecule has 3 aromatic carbocycles. The maximum atomic E-state index is 13.3. The Bertz CT molecular complexity index is 1450. The molecule has 3 amide bonds. The number of hydrogen-bond donors (Lipinski definition) is 2. The van der Waals surface area contributed by atoms with Crippen molar-refractivity contribution in [3.8, 4) is 28.4 Å². The first-order valence-electron chi connectivity index (χ1n) is 11.5. The Labute approximate surface area is 222 Å². The number of benzene rings is 3. The van der Waals surface area contributed by atoms with Crippen LogP contribution < -0.4 is 19.5 Å². The smallest absolute Gasteiger partial charge is 0.329 e. The lowest BCUT2D eigenvalue weighted by Crippen LogP contribution is -2.48. The molecule has 0 heterocycles. The molecular formula is C27H30N4O6S. The number of urea groups is 1. The van der Waals surface area contributed by atoms with E-state index in [-0.39, 0.29) is 11.3 Å². The molecule has 0 saturated heterocycles. The normalized spacial score (nSPS) is 11.3. The fourth-order valence-electron chi connectivity index (χ4n) is 3.38. The van der Waals surface area contributed by atoms with E-state index in [0.29, 0.717) is 11.5 Å². The van der Waals surface area contributed by atoms with Crippen molar-refractivity contribution in [2.45, 2.75) is 31.2 Å². The molecule has 0 spiro atoms. The molecule has 0 aliphatic heterocycles. The second kappa shape index (κ2) is 11.3. The zero-order valence-electron chi connectivity index (χ0n) is 21.8. The number of nitrogens with zero attached hydrogens (tertiary/aromatic N) is 2. The van der Waals surface area contributed by atoms with E-state index in [0.717, 1.165) is 22.2 Å². The van der Waals surface area contributed by atoms with Crippen LogP contribution in [0.25, 0.3) is 11.1 Å². The van der Waals surface area contributed by atoms with Gasteiger partial charge in [-0.25, -0.2) is 22.9 Å². The summed E-state index contributed by atoms with van der Waals surface area (Å²) in [6.07, 6.45) is 0. The summed E-state index contributed by atoms with van der Waals surface area (Å²) in [7, 11) is -1.49. The van der Waals surface area contributed by atoms with Gasteiger partial charge in [-0.3, -0.25) is 4.79 Å². The molecule has 3 aromatic rings. The fraction of sp³-hybridized carbons (Fsp3) is 0.222. The number of carbonyl (C=O) groups excluding carboxylic acids is 2. The van der Waals surface area contributed by atoms with Gasteiger partial charge in [0.1, 0.15) is 22.1 Å². The second-order valence-corrected chi connectivity index (χ2v) is 11.0. The first kappa shape index (κ1) is 28.2. The number of ether oxygens (including phenoxy) is 2. The Hall–Kier alpha value is -4.38. The summed E-state index contributed by atoms with van der Waals surface area (Å²) in [5.41, 5.74) is 1.04. The van der Waals surface area contributed by atoms with Crippen molar-refractivity contribution in [3.05, 3.63) is 72.3 Å². The molecule has 10 nitrogen and oxygen atoms in total. The highest BCUT2D eigenvalue weighted by Crippen LogP contribution is 2.33. The van der Waals surface area contributed by atoms with E-state index in [1.54, 1.807) is 46.1 Å². The molecule has 0 radical (unpaired) electrons. The maximum Gasteiger partial charge on any atom is 0.329 e. The molecule has 0 fully saturated rings. The van der Waals surface area contributed by atoms with Crippen LogP contribution in [0.2, 0.25) is 0 Å². The van der Waals surface area contributed by atoms with Crippen molar-refractivity contribution in [1.29, 1.82) is 0 Å². The first-order chi connectivity index (χ1) is 17.8. The number of carbonyl (C=O) groups is 2. The highest BCUT2D eigenvalue weighted by atomic mass is 32.2. The molecule has 2 N–H and O–H groups in total. The molecule has 0 unspecified atom stereocenters. The van der Waals surface area contributed by atoms with Crippen LogP contribution in [0, 0.1) is 0 Å². The third kappa shape index (κ3) is 7.10. The van der Waals surface area contributed by atoms with Crippen LogP contribution in [0.3, 0.4) is 0 Å². The summed E-state index contributed by atoms with van der Waals surface area (Å²) >= 11 is 0. The van der Waals surface area contributed by atoms with Gasteiger partial charge in [0.25, 0.3) is 15.9 Å². The zero-order valence-corrected chi connectivity index (χ0v) is 22.6. The van der Waals surface area contributed by atoms with Gasteiger partial charge in [-0.05, 0) is 74.4 Å². The van der Waals surface area contributed by atoms with E-state index in [1.807, 2.05) is 35.1 Å². The van der Waals surface area contributed by atoms with Crippen LogP contribution in [0.1, 0.15) is 31.1 Å². The lowest BCUT2D eigenvalue weighted by atomic mass is 10.1. The zero-order chi connectivity index (χ0) is 28.1. The molecule has 0 bridgehead atoms. The Kier molecular flexibility index (Phi) is 8.42. The van der Waals surface area contributed by atoms with Gasteiger partial charge in [-0.2, -0.15) is 5.10 Å². The number of nitrogens with one attached hydrogen (secondary N) is 2. The van der Waals surface area contributed by atoms with Gasteiger partial charge < -0.3 is 14.8 Å². The molecule has 200 valence electrons. The van der Waals surface area contributed by atoms with Gasteiger partial charge in [-0.15, -0.1) is 0 Å². The standard InChI is InChI=1S/C27H30N4O6S/c1-27(2,3)29-26(33)30-38(34,35)24-17-20(25(32)31(5)28-4)12-15-23(24)37-22-9-7-8-19(16-22)18-10-13-21(36-6)14-11-18/h7-17H,4H2,1-3,5-6H3,(H2,29,30,33). The van der Waals surface area contributed by atoms with Crippen molar-refractivity contribution in [3.63, 3.8) is 0 Å². The molecule has 0 aliphatic rings. The predicted molar refractivity (Wildman–Crippen MR) is 145 cm³/mol. The fourth-order valence-corrected chi connectivity index (χ4v) is 4.44. The first-order valence-corrected chi connectivity index (χ1v) is 13.0.